The lowest BCUT2D eigenvalue weighted by molar-refractivity contribution is 0.187. The molecule has 0 bridgehead atoms. The molecule has 1 aliphatic heterocycles. The van der Waals surface area contributed by atoms with Crippen LogP contribution in [0.2, 0.25) is 0 Å². The monoisotopic (exact) mass is 226 g/mol. The molecule has 17 heavy (non-hydrogen) atoms. The molecule has 0 amide bonds. The lowest BCUT2D eigenvalue weighted by Crippen LogP contribution is -2.25. The van der Waals surface area contributed by atoms with E-state index in [0.29, 0.717) is 5.41 Å². The van der Waals surface area contributed by atoms with Crippen LogP contribution in [0.15, 0.2) is 24.3 Å². The third-order valence-corrected chi connectivity index (χ3v) is 4.67. The average molecular weight is 226 g/mol. The highest BCUT2D eigenvalue weighted by atomic mass is 15.1. The zero-order valence-corrected chi connectivity index (χ0v) is 10.2. The summed E-state index contributed by atoms with van der Waals surface area (Å²) in [6, 6.07) is 8.56. The van der Waals surface area contributed by atoms with Crippen molar-refractivity contribution in [2.24, 2.45) is 5.41 Å². The highest BCUT2D eigenvalue weighted by Gasteiger charge is 2.39. The lowest BCUT2D eigenvalue weighted by Gasteiger charge is -2.32. The Balaban J connectivity index is 1.78. The largest absolute Gasteiger partial charge is 0.327 e. The second-order valence-electron chi connectivity index (χ2n) is 5.84. The molecule has 0 unspecified atom stereocenters. The van der Waals surface area contributed by atoms with Gasteiger partial charge in [-0.05, 0) is 30.4 Å². The van der Waals surface area contributed by atoms with Crippen LogP contribution in [0, 0.1) is 5.41 Å². The van der Waals surface area contributed by atoms with E-state index in [1.165, 1.54) is 61.9 Å². The third kappa shape index (κ3) is 1.36. The van der Waals surface area contributed by atoms with Gasteiger partial charge in [-0.2, -0.15) is 0 Å². The zero-order chi connectivity index (χ0) is 11.3. The second-order valence-corrected chi connectivity index (χ2v) is 5.84. The number of aromatic nitrogens is 2. The molecule has 0 N–H and O–H groups in total. The third-order valence-electron chi connectivity index (χ3n) is 4.67. The normalized spacial score (nSPS) is 22.1. The van der Waals surface area contributed by atoms with E-state index in [1.54, 1.807) is 0 Å². The smallest absolute Gasteiger partial charge is 0.110 e. The maximum atomic E-state index is 4.81. The molecule has 2 aromatic rings. The minimum absolute atomic E-state index is 0.560. The first kappa shape index (κ1) is 9.69. The molecular formula is C15H18N2. The van der Waals surface area contributed by atoms with Crippen LogP contribution in [-0.4, -0.2) is 9.55 Å². The highest BCUT2D eigenvalue weighted by molar-refractivity contribution is 5.76. The van der Waals surface area contributed by atoms with E-state index in [2.05, 4.69) is 28.8 Å². The Kier molecular flexibility index (Phi) is 1.91. The number of fused-ring (bicyclic) bond motifs is 3. The van der Waals surface area contributed by atoms with Crippen molar-refractivity contribution in [2.75, 3.05) is 0 Å². The van der Waals surface area contributed by atoms with Gasteiger partial charge in [-0.3, -0.25) is 0 Å². The molecule has 4 rings (SSSR count). The fourth-order valence-electron chi connectivity index (χ4n) is 3.80. The number of hydrogen-bond acceptors (Lipinski definition) is 1. The van der Waals surface area contributed by atoms with Crippen LogP contribution in [0.5, 0.6) is 0 Å². The van der Waals surface area contributed by atoms with Crippen molar-refractivity contribution in [1.82, 2.24) is 9.55 Å². The fourth-order valence-corrected chi connectivity index (χ4v) is 3.80. The molecule has 2 nitrogen and oxygen atoms in total. The Bertz CT molecular complexity index is 561. The molecule has 1 aromatic carbocycles. The molecule has 0 radical (unpaired) electrons. The van der Waals surface area contributed by atoms with Gasteiger partial charge in [0.2, 0.25) is 0 Å². The number of hydrogen-bond donors (Lipinski definition) is 0. The molecule has 2 aliphatic rings. The maximum Gasteiger partial charge on any atom is 0.110 e. The van der Waals surface area contributed by atoms with Gasteiger partial charge < -0.3 is 4.57 Å². The van der Waals surface area contributed by atoms with Crippen molar-refractivity contribution in [1.29, 1.82) is 0 Å². The summed E-state index contributed by atoms with van der Waals surface area (Å²) in [6.07, 6.45) is 8.30. The molecule has 2 heterocycles. The van der Waals surface area contributed by atoms with E-state index in [0.717, 1.165) is 0 Å². The van der Waals surface area contributed by atoms with Crippen LogP contribution in [0.1, 0.15) is 37.9 Å². The number of benzene rings is 1. The van der Waals surface area contributed by atoms with E-state index in [9.17, 15) is 0 Å². The topological polar surface area (TPSA) is 17.8 Å². The molecule has 1 fully saturated rings. The van der Waals surface area contributed by atoms with E-state index in [-0.39, 0.29) is 0 Å². The first-order chi connectivity index (χ1) is 8.36. The van der Waals surface area contributed by atoms with E-state index in [4.69, 9.17) is 4.98 Å². The zero-order valence-electron chi connectivity index (χ0n) is 10.2. The van der Waals surface area contributed by atoms with Crippen molar-refractivity contribution < 1.29 is 0 Å². The van der Waals surface area contributed by atoms with E-state index in [1.807, 2.05) is 0 Å². The second kappa shape index (κ2) is 3.34. The molecule has 1 aromatic heterocycles. The summed E-state index contributed by atoms with van der Waals surface area (Å²) in [5.74, 6) is 1.33. The van der Waals surface area contributed by atoms with E-state index >= 15 is 0 Å². The van der Waals surface area contributed by atoms with Crippen LogP contribution in [0.4, 0.5) is 0 Å². The Morgan fingerprint density at radius 2 is 1.88 bits per heavy atom. The Morgan fingerprint density at radius 3 is 2.76 bits per heavy atom. The number of para-hydroxylation sites is 2. The summed E-state index contributed by atoms with van der Waals surface area (Å²) < 4.78 is 2.47. The van der Waals surface area contributed by atoms with Gasteiger partial charge in [0.1, 0.15) is 5.82 Å². The lowest BCUT2D eigenvalue weighted by atomic mass is 9.73. The number of rotatable bonds is 0. The first-order valence-electron chi connectivity index (χ1n) is 6.81. The Labute approximate surface area is 102 Å². The summed E-state index contributed by atoms with van der Waals surface area (Å²) in [5.41, 5.74) is 3.07. The standard InChI is InChI=1S/C15H18N2/c1-4-8-15(9-5-1)10-14-16-12-6-2-3-7-13(12)17(14)11-15/h2-3,6-7H,1,4-5,8-11H2. The van der Waals surface area contributed by atoms with Crippen LogP contribution >= 0.6 is 0 Å². The Morgan fingerprint density at radius 1 is 1.06 bits per heavy atom. The van der Waals surface area contributed by atoms with Gasteiger partial charge in [0.05, 0.1) is 11.0 Å². The molecule has 88 valence electrons. The summed E-state index contributed by atoms with van der Waals surface area (Å²) in [5, 5.41) is 0. The summed E-state index contributed by atoms with van der Waals surface area (Å²) in [4.78, 5) is 4.81. The van der Waals surface area contributed by atoms with E-state index < -0.39 is 0 Å². The van der Waals surface area contributed by atoms with Gasteiger partial charge in [0, 0.05) is 13.0 Å². The van der Waals surface area contributed by atoms with Crippen LogP contribution < -0.4 is 0 Å². The van der Waals surface area contributed by atoms with Gasteiger partial charge in [0.25, 0.3) is 0 Å². The molecule has 0 saturated heterocycles. The average Bonchev–Trinajstić information content (AvgIpc) is 2.84. The van der Waals surface area contributed by atoms with Crippen LogP contribution in [0.3, 0.4) is 0 Å². The van der Waals surface area contributed by atoms with Crippen molar-refractivity contribution in [3.05, 3.63) is 30.1 Å². The number of imidazole rings is 1. The van der Waals surface area contributed by atoms with Gasteiger partial charge in [-0.25, -0.2) is 4.98 Å². The first-order valence-corrected chi connectivity index (χ1v) is 6.81. The molecule has 1 spiro atoms. The summed E-state index contributed by atoms with van der Waals surface area (Å²) >= 11 is 0. The summed E-state index contributed by atoms with van der Waals surface area (Å²) in [7, 11) is 0. The minimum Gasteiger partial charge on any atom is -0.327 e. The molecular weight excluding hydrogens is 208 g/mol. The van der Waals surface area contributed by atoms with Crippen LogP contribution in [-0.2, 0) is 13.0 Å². The summed E-state index contributed by atoms with van der Waals surface area (Å²) in [6.45, 7) is 1.21. The van der Waals surface area contributed by atoms with Gasteiger partial charge in [-0.1, -0.05) is 31.4 Å². The molecule has 0 atom stereocenters. The molecule has 1 saturated carbocycles. The Hall–Kier alpha value is -1.31. The fraction of sp³-hybridized carbons (Fsp3) is 0.533. The highest BCUT2D eigenvalue weighted by Crippen LogP contribution is 2.45. The SMILES string of the molecule is c1ccc2c(c1)nc1n2CC2(CCCCC2)C1. The van der Waals surface area contributed by atoms with Crippen LogP contribution in [0.25, 0.3) is 11.0 Å². The minimum atomic E-state index is 0.560. The van der Waals surface area contributed by atoms with Gasteiger partial charge >= 0.3 is 0 Å². The quantitative estimate of drug-likeness (QED) is 0.671. The van der Waals surface area contributed by atoms with Crippen molar-refractivity contribution in [2.45, 2.75) is 45.1 Å². The van der Waals surface area contributed by atoms with Gasteiger partial charge in [0.15, 0.2) is 0 Å². The maximum absolute atomic E-state index is 4.81. The van der Waals surface area contributed by atoms with Crippen molar-refractivity contribution >= 4 is 11.0 Å². The number of nitrogens with zero attached hydrogens (tertiary/aromatic N) is 2. The predicted octanol–water partition coefficient (Wildman–Crippen LogP) is 3.54. The molecule has 2 heteroatoms. The molecule has 1 aliphatic carbocycles. The van der Waals surface area contributed by atoms with Crippen molar-refractivity contribution in [3.63, 3.8) is 0 Å². The van der Waals surface area contributed by atoms with Gasteiger partial charge in [-0.15, -0.1) is 0 Å². The van der Waals surface area contributed by atoms with Crippen molar-refractivity contribution in [3.8, 4) is 0 Å². The predicted molar refractivity (Wildman–Crippen MR) is 69.0 cm³/mol.